The van der Waals surface area contributed by atoms with Gasteiger partial charge in [-0.15, -0.1) is 0 Å². The number of nitriles is 1. The topological polar surface area (TPSA) is 110 Å². The SMILES string of the molecule is CCOC(=O)[C@H](Cc1ccccc1)[N@@+]1(C(=O)CCCC[C@@](C#N)(c2ccccc2)C(C)C)CCCC1C(N)=O. The van der Waals surface area contributed by atoms with Gasteiger partial charge in [-0.2, -0.15) is 5.26 Å². The van der Waals surface area contributed by atoms with Gasteiger partial charge in [0.2, 0.25) is 0 Å². The number of carbonyl (C=O) groups is 3. The number of amides is 2. The summed E-state index contributed by atoms with van der Waals surface area (Å²) in [5.41, 5.74) is 7.08. The standard InChI is InChI=1S/C32H41N3O4/c1-4-39-31(38)28(22-25-14-7-5-8-15-25)35(21-13-18-27(35)30(34)37)29(36)19-11-12-20-32(23-33,24(2)3)26-16-9-6-10-17-26/h5-10,14-17,24,27-28H,4,11-13,18-22H2,1-3H3,(H-,34,37)/p+1/t27?,28-,32-,35+/m0/s1. The number of primary amides is 1. The number of nitrogens with zero attached hydrogens (tertiary/aromatic N) is 2. The number of carbonyl (C=O) groups excluding carboxylic acids is 3. The Morgan fingerprint density at radius 2 is 1.72 bits per heavy atom. The predicted molar refractivity (Wildman–Crippen MR) is 150 cm³/mol. The summed E-state index contributed by atoms with van der Waals surface area (Å²) in [6, 6.07) is 20.3. The van der Waals surface area contributed by atoms with Crippen LogP contribution in [0, 0.1) is 17.2 Å². The van der Waals surface area contributed by atoms with Crippen LogP contribution >= 0.6 is 0 Å². The van der Waals surface area contributed by atoms with Crippen LogP contribution in [0.2, 0.25) is 0 Å². The third-order valence-electron chi connectivity index (χ3n) is 8.43. The van der Waals surface area contributed by atoms with Crippen molar-refractivity contribution in [2.75, 3.05) is 13.2 Å². The third kappa shape index (κ3) is 6.39. The first kappa shape index (κ1) is 30.0. The van der Waals surface area contributed by atoms with Crippen molar-refractivity contribution in [1.82, 2.24) is 0 Å². The van der Waals surface area contributed by atoms with Gasteiger partial charge in [-0.3, -0.25) is 4.79 Å². The fourth-order valence-corrected chi connectivity index (χ4v) is 6.30. The maximum absolute atomic E-state index is 14.1. The zero-order chi connectivity index (χ0) is 28.5. The van der Waals surface area contributed by atoms with E-state index in [0.717, 1.165) is 11.1 Å². The van der Waals surface area contributed by atoms with E-state index in [-0.39, 0.29) is 35.8 Å². The second-order valence-electron chi connectivity index (χ2n) is 10.9. The lowest BCUT2D eigenvalue weighted by atomic mass is 9.69. The van der Waals surface area contributed by atoms with E-state index in [1.54, 1.807) is 6.92 Å². The second kappa shape index (κ2) is 13.5. The predicted octanol–water partition coefficient (Wildman–Crippen LogP) is 4.83. The lowest BCUT2D eigenvalue weighted by molar-refractivity contribution is -0.874. The van der Waals surface area contributed by atoms with Crippen LogP contribution in [0.4, 0.5) is 0 Å². The molecule has 4 atom stereocenters. The molecule has 7 nitrogen and oxygen atoms in total. The molecule has 1 aliphatic heterocycles. The lowest BCUT2D eigenvalue weighted by Crippen LogP contribution is -2.68. The number of ether oxygens (including phenoxy) is 1. The highest BCUT2D eigenvalue weighted by molar-refractivity contribution is 5.85. The van der Waals surface area contributed by atoms with Crippen molar-refractivity contribution in [2.45, 2.75) is 83.2 Å². The summed E-state index contributed by atoms with van der Waals surface area (Å²) >= 11 is 0. The average molecular weight is 533 g/mol. The first-order valence-electron chi connectivity index (χ1n) is 14.1. The smallest absolute Gasteiger partial charge is 0.365 e. The van der Waals surface area contributed by atoms with E-state index in [4.69, 9.17) is 10.5 Å². The van der Waals surface area contributed by atoms with Gasteiger partial charge in [0.25, 0.3) is 5.91 Å². The molecule has 0 saturated carbocycles. The van der Waals surface area contributed by atoms with Gasteiger partial charge in [0.1, 0.15) is 0 Å². The molecule has 1 aliphatic rings. The Kier molecular flexibility index (Phi) is 10.4. The molecule has 0 aromatic heterocycles. The molecule has 1 saturated heterocycles. The van der Waals surface area contributed by atoms with E-state index in [1.807, 2.05) is 60.7 Å². The van der Waals surface area contributed by atoms with Crippen LogP contribution < -0.4 is 5.73 Å². The van der Waals surface area contributed by atoms with Crippen LogP contribution in [0.15, 0.2) is 60.7 Å². The highest BCUT2D eigenvalue weighted by Gasteiger charge is 2.58. The molecule has 39 heavy (non-hydrogen) atoms. The summed E-state index contributed by atoms with van der Waals surface area (Å²) in [4.78, 5) is 40.1. The van der Waals surface area contributed by atoms with Crippen LogP contribution in [0.1, 0.15) is 70.4 Å². The maximum atomic E-state index is 14.1. The van der Waals surface area contributed by atoms with E-state index >= 15 is 0 Å². The number of hydrogen-bond acceptors (Lipinski definition) is 5. The second-order valence-corrected chi connectivity index (χ2v) is 10.9. The fraction of sp³-hybridized carbons (Fsp3) is 0.500. The molecule has 1 heterocycles. The number of unbranched alkanes of at least 4 members (excludes halogenated alkanes) is 1. The highest BCUT2D eigenvalue weighted by Crippen LogP contribution is 2.38. The Labute approximate surface area is 232 Å². The third-order valence-corrected chi connectivity index (χ3v) is 8.43. The molecule has 2 amide bonds. The van der Waals surface area contributed by atoms with Gasteiger partial charge in [0.15, 0.2) is 12.1 Å². The first-order valence-corrected chi connectivity index (χ1v) is 14.1. The zero-order valence-corrected chi connectivity index (χ0v) is 23.5. The van der Waals surface area contributed by atoms with Crippen LogP contribution in [0.25, 0.3) is 0 Å². The summed E-state index contributed by atoms with van der Waals surface area (Å²) < 4.78 is 5.17. The fourth-order valence-electron chi connectivity index (χ4n) is 6.30. The molecule has 0 spiro atoms. The number of benzene rings is 2. The molecule has 0 radical (unpaired) electrons. The van der Waals surface area contributed by atoms with Gasteiger partial charge in [-0.05, 0) is 36.8 Å². The van der Waals surface area contributed by atoms with Gasteiger partial charge in [0, 0.05) is 19.3 Å². The number of quaternary nitrogens is 1. The van der Waals surface area contributed by atoms with Crippen LogP contribution in [-0.2, 0) is 31.0 Å². The number of nitrogens with two attached hydrogens (primary N) is 1. The van der Waals surface area contributed by atoms with Crippen molar-refractivity contribution in [2.24, 2.45) is 11.7 Å². The van der Waals surface area contributed by atoms with E-state index in [2.05, 4.69) is 19.9 Å². The van der Waals surface area contributed by atoms with E-state index in [0.29, 0.717) is 38.6 Å². The van der Waals surface area contributed by atoms with Gasteiger partial charge in [-0.25, -0.2) is 14.1 Å². The van der Waals surface area contributed by atoms with Crippen LogP contribution in [0.5, 0.6) is 0 Å². The number of rotatable bonds is 13. The van der Waals surface area contributed by atoms with E-state index < -0.39 is 29.4 Å². The monoisotopic (exact) mass is 532 g/mol. The van der Waals surface area contributed by atoms with Crippen molar-refractivity contribution in [3.63, 3.8) is 0 Å². The Balaban J connectivity index is 1.86. The molecule has 2 aromatic rings. The summed E-state index contributed by atoms with van der Waals surface area (Å²) in [5, 5.41) is 10.2. The molecule has 3 rings (SSSR count). The highest BCUT2D eigenvalue weighted by atomic mass is 16.5. The molecule has 0 aliphatic carbocycles. The van der Waals surface area contributed by atoms with Crippen LogP contribution in [0.3, 0.4) is 0 Å². The molecule has 1 fully saturated rings. The van der Waals surface area contributed by atoms with Gasteiger partial charge >= 0.3 is 11.9 Å². The molecule has 7 heteroatoms. The summed E-state index contributed by atoms with van der Waals surface area (Å²) in [6.45, 7) is 6.40. The van der Waals surface area contributed by atoms with Gasteiger partial charge in [-0.1, -0.05) is 80.9 Å². The largest absolute Gasteiger partial charge is 0.462 e. The Morgan fingerprint density at radius 3 is 2.28 bits per heavy atom. The number of likely N-dealkylation sites (tertiary alicyclic amines) is 1. The van der Waals surface area contributed by atoms with Crippen LogP contribution in [-0.4, -0.2) is 47.5 Å². The zero-order valence-electron chi connectivity index (χ0n) is 23.5. The first-order chi connectivity index (χ1) is 18.7. The lowest BCUT2D eigenvalue weighted by Gasteiger charge is -2.41. The normalized spacial score (nSPS) is 21.1. The van der Waals surface area contributed by atoms with Crippen molar-refractivity contribution < 1.29 is 23.6 Å². The summed E-state index contributed by atoms with van der Waals surface area (Å²) in [7, 11) is 0. The summed E-state index contributed by atoms with van der Waals surface area (Å²) in [6.07, 6.45) is 3.40. The number of hydrogen-bond donors (Lipinski definition) is 1. The summed E-state index contributed by atoms with van der Waals surface area (Å²) in [5.74, 6) is -1.10. The Morgan fingerprint density at radius 1 is 1.08 bits per heavy atom. The minimum Gasteiger partial charge on any atom is -0.462 e. The maximum Gasteiger partial charge on any atom is 0.365 e. The van der Waals surface area contributed by atoms with E-state index in [9.17, 15) is 19.6 Å². The molecular formula is C32H42N3O4+. The van der Waals surface area contributed by atoms with Gasteiger partial charge in [0.05, 0.1) is 31.1 Å². The quantitative estimate of drug-likeness (QED) is 0.226. The molecule has 2 aromatic carbocycles. The molecule has 0 bridgehead atoms. The van der Waals surface area contributed by atoms with Gasteiger partial charge < -0.3 is 10.5 Å². The Hall–Kier alpha value is -3.50. The average Bonchev–Trinajstić information content (AvgIpc) is 3.39. The molecule has 208 valence electrons. The molecule has 1 unspecified atom stereocenters. The van der Waals surface area contributed by atoms with Crippen molar-refractivity contribution in [3.8, 4) is 6.07 Å². The molecule has 2 N–H and O–H groups in total. The Bertz CT molecular complexity index is 1160. The minimum atomic E-state index is -0.849. The minimum absolute atomic E-state index is 0.0934. The number of esters is 1. The van der Waals surface area contributed by atoms with Crippen molar-refractivity contribution >= 4 is 17.8 Å². The van der Waals surface area contributed by atoms with Crippen molar-refractivity contribution in [1.29, 1.82) is 5.26 Å². The van der Waals surface area contributed by atoms with Crippen molar-refractivity contribution in [3.05, 3.63) is 71.8 Å². The van der Waals surface area contributed by atoms with E-state index in [1.165, 1.54) is 0 Å². The molecular weight excluding hydrogens is 490 g/mol.